The van der Waals surface area contributed by atoms with Crippen molar-refractivity contribution in [1.29, 1.82) is 0 Å². The van der Waals surface area contributed by atoms with Crippen LogP contribution in [0.2, 0.25) is 0 Å². The number of nitrogens with zero attached hydrogens (tertiary/aromatic N) is 2. The van der Waals surface area contributed by atoms with Crippen molar-refractivity contribution in [2.45, 2.75) is 58.1 Å². The Morgan fingerprint density at radius 1 is 1.23 bits per heavy atom. The number of hydrogen-bond acceptors (Lipinski definition) is 4. The Hall–Kier alpha value is -2.10. The summed E-state index contributed by atoms with van der Waals surface area (Å²) in [5, 5.41) is 10.4. The standard InChI is InChI=1S/C24H33FN2O3/c1-23(2,3)7-5-18-13-19(25)15-21(14-18)30-17-20(28)16-27-11-9-24(10-12-27)8-6-22(29)26(24)4/h13-15,20,28H,6,8-12,16-17H2,1-4H3. The Labute approximate surface area is 179 Å². The molecule has 3 rings (SSSR count). The maximum absolute atomic E-state index is 13.9. The van der Waals surface area contributed by atoms with Crippen LogP contribution in [-0.2, 0) is 4.79 Å². The Morgan fingerprint density at radius 3 is 2.53 bits per heavy atom. The van der Waals surface area contributed by atoms with E-state index in [-0.39, 0.29) is 23.5 Å². The van der Waals surface area contributed by atoms with Crippen LogP contribution in [0.4, 0.5) is 4.39 Å². The second kappa shape index (κ2) is 8.95. The number of rotatable bonds is 5. The molecule has 164 valence electrons. The van der Waals surface area contributed by atoms with Crippen molar-refractivity contribution in [3.8, 4) is 17.6 Å². The van der Waals surface area contributed by atoms with Gasteiger partial charge in [0.25, 0.3) is 0 Å². The molecule has 1 N–H and O–H groups in total. The summed E-state index contributed by atoms with van der Waals surface area (Å²) in [6, 6.07) is 4.40. The Kier molecular flexibility index (Phi) is 6.74. The summed E-state index contributed by atoms with van der Waals surface area (Å²) in [5.41, 5.74) is 0.393. The first-order valence-corrected chi connectivity index (χ1v) is 10.7. The summed E-state index contributed by atoms with van der Waals surface area (Å²) in [5.74, 6) is 6.27. The molecule has 2 aliphatic heterocycles. The molecule has 6 heteroatoms. The van der Waals surface area contributed by atoms with E-state index in [0.717, 1.165) is 32.4 Å². The van der Waals surface area contributed by atoms with Gasteiger partial charge in [0.05, 0.1) is 0 Å². The third-order valence-electron chi connectivity index (χ3n) is 6.04. The lowest BCUT2D eigenvalue weighted by atomic mass is 9.85. The van der Waals surface area contributed by atoms with Gasteiger partial charge in [0, 0.05) is 55.7 Å². The van der Waals surface area contributed by atoms with Gasteiger partial charge >= 0.3 is 0 Å². The van der Waals surface area contributed by atoms with Crippen molar-refractivity contribution in [3.05, 3.63) is 29.6 Å². The Balaban J connectivity index is 1.49. The average Bonchev–Trinajstić information content (AvgIpc) is 2.94. The van der Waals surface area contributed by atoms with Gasteiger partial charge in [-0.05, 0) is 52.2 Å². The zero-order chi connectivity index (χ0) is 21.9. The van der Waals surface area contributed by atoms with Crippen LogP contribution in [0.15, 0.2) is 18.2 Å². The summed E-state index contributed by atoms with van der Waals surface area (Å²) < 4.78 is 19.6. The predicted octanol–water partition coefficient (Wildman–Crippen LogP) is 3.05. The van der Waals surface area contributed by atoms with E-state index in [0.29, 0.717) is 24.3 Å². The molecule has 1 atom stereocenters. The van der Waals surface area contributed by atoms with E-state index in [9.17, 15) is 14.3 Å². The van der Waals surface area contributed by atoms with Crippen LogP contribution in [0.3, 0.4) is 0 Å². The second-order valence-corrected chi connectivity index (χ2v) is 9.62. The van der Waals surface area contributed by atoms with Crippen LogP contribution >= 0.6 is 0 Å². The first kappa shape index (κ1) is 22.6. The fourth-order valence-corrected chi connectivity index (χ4v) is 4.20. The highest BCUT2D eigenvalue weighted by Gasteiger charge is 2.44. The van der Waals surface area contributed by atoms with Crippen LogP contribution in [0.25, 0.3) is 0 Å². The average molecular weight is 417 g/mol. The summed E-state index contributed by atoms with van der Waals surface area (Å²) >= 11 is 0. The maximum Gasteiger partial charge on any atom is 0.222 e. The fraction of sp³-hybridized carbons (Fsp3) is 0.625. The van der Waals surface area contributed by atoms with E-state index in [4.69, 9.17) is 4.74 Å². The number of ether oxygens (including phenoxy) is 1. The van der Waals surface area contributed by atoms with Crippen molar-refractivity contribution in [1.82, 2.24) is 9.80 Å². The van der Waals surface area contributed by atoms with Crippen molar-refractivity contribution in [2.24, 2.45) is 5.41 Å². The molecule has 2 heterocycles. The molecule has 1 spiro atoms. The molecular weight excluding hydrogens is 383 g/mol. The van der Waals surface area contributed by atoms with Gasteiger partial charge in [0.15, 0.2) is 0 Å². The van der Waals surface area contributed by atoms with Crippen LogP contribution in [0, 0.1) is 23.1 Å². The van der Waals surface area contributed by atoms with E-state index in [1.54, 1.807) is 6.07 Å². The van der Waals surface area contributed by atoms with Gasteiger partial charge in [-0.1, -0.05) is 11.8 Å². The van der Waals surface area contributed by atoms with Gasteiger partial charge in [-0.2, -0.15) is 0 Å². The van der Waals surface area contributed by atoms with Gasteiger partial charge in [0.1, 0.15) is 24.3 Å². The largest absolute Gasteiger partial charge is 0.491 e. The van der Waals surface area contributed by atoms with Crippen molar-refractivity contribution >= 4 is 5.91 Å². The molecule has 1 aromatic carbocycles. The normalized spacial score (nSPS) is 20.2. The zero-order valence-corrected chi connectivity index (χ0v) is 18.5. The van der Waals surface area contributed by atoms with Crippen LogP contribution in [-0.4, -0.2) is 65.7 Å². The number of aliphatic hydroxyl groups excluding tert-OH is 1. The second-order valence-electron chi connectivity index (χ2n) is 9.62. The first-order chi connectivity index (χ1) is 14.1. The molecule has 1 amide bonds. The number of carbonyl (C=O) groups excluding carboxylic acids is 1. The lowest BCUT2D eigenvalue weighted by molar-refractivity contribution is -0.130. The van der Waals surface area contributed by atoms with E-state index in [2.05, 4.69) is 16.7 Å². The molecule has 1 unspecified atom stereocenters. The lowest BCUT2D eigenvalue weighted by Gasteiger charge is -2.43. The molecule has 2 saturated heterocycles. The number of hydrogen-bond donors (Lipinski definition) is 1. The summed E-state index contributed by atoms with van der Waals surface area (Å²) in [6.07, 6.45) is 2.77. The molecular formula is C24H33FN2O3. The molecule has 30 heavy (non-hydrogen) atoms. The molecule has 0 aromatic heterocycles. The Morgan fingerprint density at radius 2 is 1.93 bits per heavy atom. The number of aliphatic hydroxyl groups is 1. The highest BCUT2D eigenvalue weighted by molar-refractivity contribution is 5.79. The number of halogens is 1. The van der Waals surface area contributed by atoms with Crippen molar-refractivity contribution in [3.63, 3.8) is 0 Å². The van der Waals surface area contributed by atoms with E-state index in [1.165, 1.54) is 12.1 Å². The molecule has 0 aliphatic carbocycles. The minimum atomic E-state index is -0.672. The minimum absolute atomic E-state index is 0.00108. The Bertz CT molecular complexity index is 829. The molecule has 0 saturated carbocycles. The highest BCUT2D eigenvalue weighted by Crippen LogP contribution is 2.37. The van der Waals surface area contributed by atoms with Gasteiger partial charge < -0.3 is 19.6 Å². The molecule has 0 bridgehead atoms. The van der Waals surface area contributed by atoms with Gasteiger partial charge in [0.2, 0.25) is 5.91 Å². The third-order valence-corrected chi connectivity index (χ3v) is 6.04. The molecule has 2 fully saturated rings. The molecule has 0 radical (unpaired) electrons. The predicted molar refractivity (Wildman–Crippen MR) is 115 cm³/mol. The SMILES string of the molecule is CN1C(=O)CCC12CCN(CC(O)COc1cc(F)cc(C#CC(C)(C)C)c1)CC2. The lowest BCUT2D eigenvalue weighted by Crippen LogP contribution is -2.52. The van der Waals surface area contributed by atoms with E-state index < -0.39 is 11.9 Å². The first-order valence-electron chi connectivity index (χ1n) is 10.7. The number of likely N-dealkylation sites (tertiary alicyclic amines) is 2. The number of carbonyl (C=O) groups is 1. The highest BCUT2D eigenvalue weighted by atomic mass is 19.1. The zero-order valence-electron chi connectivity index (χ0n) is 18.5. The number of β-amino-alcohol motifs (C(OH)–C–C–N with tert-alkyl or cyclic N) is 1. The van der Waals surface area contributed by atoms with Crippen molar-refractivity contribution in [2.75, 3.05) is 33.3 Å². The maximum atomic E-state index is 13.9. The summed E-state index contributed by atoms with van der Waals surface area (Å²) in [6.45, 7) is 8.28. The molecule has 2 aliphatic rings. The molecule has 5 nitrogen and oxygen atoms in total. The van der Waals surface area contributed by atoms with Crippen LogP contribution in [0.1, 0.15) is 52.0 Å². The van der Waals surface area contributed by atoms with E-state index in [1.807, 2.05) is 32.7 Å². The summed E-state index contributed by atoms with van der Waals surface area (Å²) in [4.78, 5) is 16.0. The third kappa shape index (κ3) is 5.74. The number of amides is 1. The fourth-order valence-electron chi connectivity index (χ4n) is 4.20. The molecule has 1 aromatic rings. The monoisotopic (exact) mass is 416 g/mol. The van der Waals surface area contributed by atoms with Gasteiger partial charge in [-0.3, -0.25) is 4.79 Å². The summed E-state index contributed by atoms with van der Waals surface area (Å²) in [7, 11) is 1.91. The van der Waals surface area contributed by atoms with Crippen molar-refractivity contribution < 1.29 is 19.0 Å². The smallest absolute Gasteiger partial charge is 0.222 e. The topological polar surface area (TPSA) is 53.0 Å². The van der Waals surface area contributed by atoms with Gasteiger partial charge in [-0.15, -0.1) is 0 Å². The van der Waals surface area contributed by atoms with E-state index >= 15 is 0 Å². The van der Waals surface area contributed by atoms with Crippen LogP contribution in [0.5, 0.6) is 5.75 Å². The van der Waals surface area contributed by atoms with Gasteiger partial charge in [-0.25, -0.2) is 4.39 Å². The van der Waals surface area contributed by atoms with Crippen LogP contribution < -0.4 is 4.74 Å². The minimum Gasteiger partial charge on any atom is -0.491 e. The number of piperidine rings is 1. The quantitative estimate of drug-likeness (QED) is 0.750. The number of benzene rings is 1.